The van der Waals surface area contributed by atoms with Crippen LogP contribution in [0.2, 0.25) is 10.0 Å². The molecular weight excluding hydrogens is 499 g/mol. The summed E-state index contributed by atoms with van der Waals surface area (Å²) in [6, 6.07) is 8.39. The van der Waals surface area contributed by atoms with Crippen LogP contribution in [0, 0.1) is 5.92 Å². The van der Waals surface area contributed by atoms with Gasteiger partial charge in [-0.1, -0.05) is 29.3 Å². The van der Waals surface area contributed by atoms with Crippen molar-refractivity contribution in [3.05, 3.63) is 57.1 Å². The highest BCUT2D eigenvalue weighted by molar-refractivity contribution is 6.42. The molecule has 36 heavy (non-hydrogen) atoms. The number of hydrogen-bond donors (Lipinski definition) is 2. The number of likely N-dealkylation sites (N-methyl/N-ethyl adjacent to an activating group) is 1. The van der Waals surface area contributed by atoms with E-state index in [0.29, 0.717) is 34.2 Å². The molecule has 0 unspecified atom stereocenters. The number of aromatic hydroxyl groups is 1. The second-order valence-electron chi connectivity index (χ2n) is 11.4. The molecule has 190 valence electrons. The monoisotopic (exact) mass is 528 g/mol. The third-order valence-corrected chi connectivity index (χ3v) is 10.5. The van der Waals surface area contributed by atoms with Gasteiger partial charge in [0, 0.05) is 30.8 Å². The number of nitrogens with zero attached hydrogens (tertiary/aromatic N) is 2. The van der Waals surface area contributed by atoms with Crippen LogP contribution in [0.5, 0.6) is 11.5 Å². The number of hydrogen-bond acceptors (Lipinski definition) is 5. The molecule has 5 aliphatic rings. The summed E-state index contributed by atoms with van der Waals surface area (Å²) < 4.78 is 6.60. The van der Waals surface area contributed by atoms with Crippen molar-refractivity contribution in [3.63, 3.8) is 0 Å². The number of amides is 1. The quantitative estimate of drug-likeness (QED) is 0.615. The van der Waals surface area contributed by atoms with Gasteiger partial charge in [0.2, 0.25) is 0 Å². The first-order valence-electron chi connectivity index (χ1n) is 13.0. The van der Waals surface area contributed by atoms with Crippen molar-refractivity contribution in [2.75, 3.05) is 20.1 Å². The Morgan fingerprint density at radius 3 is 2.72 bits per heavy atom. The zero-order valence-corrected chi connectivity index (χ0v) is 21.7. The number of piperidine rings is 1. The van der Waals surface area contributed by atoms with Crippen molar-refractivity contribution in [1.29, 1.82) is 0 Å². The Hall–Kier alpha value is -1.99. The number of halogens is 2. The van der Waals surface area contributed by atoms with Gasteiger partial charge in [-0.2, -0.15) is 0 Å². The molecule has 2 saturated carbocycles. The lowest BCUT2D eigenvalue weighted by molar-refractivity contribution is -0.197. The molecule has 0 radical (unpaired) electrons. The van der Waals surface area contributed by atoms with E-state index in [4.69, 9.17) is 27.9 Å². The van der Waals surface area contributed by atoms with E-state index in [1.54, 1.807) is 36.2 Å². The van der Waals surface area contributed by atoms with Crippen LogP contribution in [0.4, 0.5) is 0 Å². The Kier molecular flexibility index (Phi) is 4.99. The van der Waals surface area contributed by atoms with E-state index in [1.807, 2.05) is 6.07 Å². The van der Waals surface area contributed by atoms with Gasteiger partial charge in [0.05, 0.1) is 27.1 Å². The summed E-state index contributed by atoms with van der Waals surface area (Å²) in [5, 5.41) is 24.1. The summed E-state index contributed by atoms with van der Waals surface area (Å²) in [6.45, 7) is 1.92. The molecule has 2 aromatic carbocycles. The molecular formula is C28H30Cl2N2O4. The van der Waals surface area contributed by atoms with Gasteiger partial charge in [0.1, 0.15) is 6.10 Å². The van der Waals surface area contributed by atoms with E-state index in [9.17, 15) is 15.0 Å². The fraction of sp³-hybridized carbons (Fsp3) is 0.536. The lowest BCUT2D eigenvalue weighted by Crippen LogP contribution is -2.78. The number of phenols is 1. The molecule has 8 heteroatoms. The number of likely N-dealkylation sites (tertiary alicyclic amines) is 1. The van der Waals surface area contributed by atoms with Crippen LogP contribution in [0.3, 0.4) is 0 Å². The van der Waals surface area contributed by atoms with E-state index in [-0.39, 0.29) is 23.7 Å². The summed E-state index contributed by atoms with van der Waals surface area (Å²) in [4.78, 5) is 17.8. The third-order valence-electron chi connectivity index (χ3n) is 9.72. The lowest BCUT2D eigenvalue weighted by Gasteiger charge is -2.64. The molecule has 5 atom stereocenters. The van der Waals surface area contributed by atoms with Crippen LogP contribution in [-0.4, -0.2) is 69.8 Å². The summed E-state index contributed by atoms with van der Waals surface area (Å²) in [7, 11) is 1.80. The Morgan fingerprint density at radius 1 is 1.17 bits per heavy atom. The zero-order chi connectivity index (χ0) is 25.0. The van der Waals surface area contributed by atoms with Gasteiger partial charge in [-0.3, -0.25) is 9.69 Å². The average molecular weight is 529 g/mol. The molecule has 2 aromatic rings. The number of aliphatic hydroxyl groups is 1. The number of benzene rings is 2. The smallest absolute Gasteiger partial charge is 0.254 e. The Balaban J connectivity index is 1.31. The highest BCUT2D eigenvalue weighted by atomic mass is 35.5. The maximum atomic E-state index is 13.6. The van der Waals surface area contributed by atoms with E-state index in [2.05, 4.69) is 4.90 Å². The predicted molar refractivity (Wildman–Crippen MR) is 137 cm³/mol. The minimum atomic E-state index is -0.971. The average Bonchev–Trinajstić information content (AvgIpc) is 3.60. The van der Waals surface area contributed by atoms with E-state index < -0.39 is 17.1 Å². The second-order valence-corrected chi connectivity index (χ2v) is 12.3. The lowest BCUT2D eigenvalue weighted by atomic mass is 9.48. The topological polar surface area (TPSA) is 73.2 Å². The van der Waals surface area contributed by atoms with Crippen molar-refractivity contribution in [1.82, 2.24) is 9.80 Å². The third kappa shape index (κ3) is 2.96. The Labute approximate surface area is 220 Å². The van der Waals surface area contributed by atoms with Crippen LogP contribution >= 0.6 is 23.2 Å². The first-order chi connectivity index (χ1) is 17.2. The van der Waals surface area contributed by atoms with Crippen LogP contribution < -0.4 is 4.74 Å². The molecule has 0 aromatic heterocycles. The Morgan fingerprint density at radius 2 is 1.97 bits per heavy atom. The van der Waals surface area contributed by atoms with Crippen molar-refractivity contribution in [2.45, 2.75) is 67.7 Å². The standard InChI is InChI=1S/C28H30Cl2N2O4/c1-31(26(34)17-4-6-18(29)19(30)12-17)20-8-9-28(35)22-13-16-5-7-21(33)24-23(16)27(28,25(20)36-24)10-11-32(22)14-15-2-3-15/h4-7,12,15,20,22,25,33,35H,2-3,8-11,13-14H2,1H3/t20-,22+,25-,27-,28+/m0/s1. The van der Waals surface area contributed by atoms with Crippen molar-refractivity contribution >= 4 is 29.1 Å². The number of carbonyl (C=O) groups is 1. The summed E-state index contributed by atoms with van der Waals surface area (Å²) >= 11 is 12.3. The number of ether oxygens (including phenoxy) is 1. The van der Waals surface area contributed by atoms with Gasteiger partial charge < -0.3 is 19.8 Å². The SMILES string of the molecule is CN(C(=O)c1ccc(Cl)c(Cl)c1)[C@H]1CC[C@@]2(O)[C@H]3Cc4ccc(O)c5c4[C@@]2(CCN3CC2CC2)[C@H]1O5. The van der Waals surface area contributed by atoms with E-state index in [0.717, 1.165) is 43.0 Å². The largest absolute Gasteiger partial charge is 0.504 e. The normalized spacial score (nSPS) is 34.2. The van der Waals surface area contributed by atoms with Gasteiger partial charge in [-0.05, 0) is 80.8 Å². The summed E-state index contributed by atoms with van der Waals surface area (Å²) in [5.74, 6) is 1.17. The molecule has 6 nitrogen and oxygen atoms in total. The van der Waals surface area contributed by atoms with Crippen LogP contribution in [-0.2, 0) is 11.8 Å². The summed E-state index contributed by atoms with van der Waals surface area (Å²) in [5.41, 5.74) is 0.956. The van der Waals surface area contributed by atoms with Crippen molar-refractivity contribution in [2.24, 2.45) is 5.92 Å². The minimum Gasteiger partial charge on any atom is -0.504 e. The second kappa shape index (κ2) is 7.76. The van der Waals surface area contributed by atoms with Gasteiger partial charge in [-0.25, -0.2) is 0 Å². The fourth-order valence-corrected chi connectivity index (χ4v) is 8.13. The highest BCUT2D eigenvalue weighted by Gasteiger charge is 2.73. The molecule has 3 fully saturated rings. The predicted octanol–water partition coefficient (Wildman–Crippen LogP) is 4.40. The van der Waals surface area contributed by atoms with E-state index >= 15 is 0 Å². The van der Waals surface area contributed by atoms with Gasteiger partial charge in [0.25, 0.3) is 5.91 Å². The first-order valence-corrected chi connectivity index (χ1v) is 13.7. The zero-order valence-electron chi connectivity index (χ0n) is 20.2. The van der Waals surface area contributed by atoms with Gasteiger partial charge in [-0.15, -0.1) is 0 Å². The molecule has 2 bridgehead atoms. The maximum absolute atomic E-state index is 13.6. The molecule has 1 saturated heterocycles. The number of rotatable bonds is 4. The number of phenolic OH excluding ortho intramolecular Hbond substituents is 1. The summed E-state index contributed by atoms with van der Waals surface area (Å²) in [6.07, 6.45) is 4.80. The van der Waals surface area contributed by atoms with Gasteiger partial charge >= 0.3 is 0 Å². The van der Waals surface area contributed by atoms with Crippen LogP contribution in [0.25, 0.3) is 0 Å². The van der Waals surface area contributed by atoms with Crippen molar-refractivity contribution in [3.8, 4) is 11.5 Å². The molecule has 3 aliphatic carbocycles. The van der Waals surface area contributed by atoms with Gasteiger partial charge in [0.15, 0.2) is 11.5 Å². The molecule has 2 aliphatic heterocycles. The van der Waals surface area contributed by atoms with Crippen LogP contribution in [0.1, 0.15) is 53.6 Å². The highest BCUT2D eigenvalue weighted by Crippen LogP contribution is 2.66. The molecule has 1 amide bonds. The minimum absolute atomic E-state index is 0.0120. The van der Waals surface area contributed by atoms with E-state index in [1.165, 1.54) is 12.8 Å². The molecule has 1 spiro atoms. The maximum Gasteiger partial charge on any atom is 0.254 e. The molecule has 7 rings (SSSR count). The van der Waals surface area contributed by atoms with Crippen LogP contribution in [0.15, 0.2) is 30.3 Å². The first kappa shape index (κ1) is 23.2. The van der Waals surface area contributed by atoms with Crippen molar-refractivity contribution < 1.29 is 19.7 Å². The fourth-order valence-electron chi connectivity index (χ4n) is 7.84. The molecule has 2 heterocycles. The number of carbonyl (C=O) groups excluding carboxylic acids is 1. The Bertz CT molecular complexity index is 1280. The molecule has 2 N–H and O–H groups in total.